The van der Waals surface area contributed by atoms with Crippen molar-refractivity contribution < 1.29 is 4.74 Å². The molecule has 2 aromatic rings. The average molecular weight is 328 g/mol. The van der Waals surface area contributed by atoms with E-state index in [1.54, 1.807) is 7.11 Å². The van der Waals surface area contributed by atoms with E-state index in [0.717, 1.165) is 50.5 Å². The van der Waals surface area contributed by atoms with Gasteiger partial charge in [-0.3, -0.25) is 0 Å². The summed E-state index contributed by atoms with van der Waals surface area (Å²) >= 11 is 0. The van der Waals surface area contributed by atoms with Crippen LogP contribution in [0.1, 0.15) is 32.3 Å². The van der Waals surface area contributed by atoms with Crippen LogP contribution >= 0.6 is 0 Å². The summed E-state index contributed by atoms with van der Waals surface area (Å²) in [5, 5.41) is 3.32. The van der Waals surface area contributed by atoms with E-state index in [0.29, 0.717) is 5.95 Å². The molecule has 2 rings (SSSR count). The van der Waals surface area contributed by atoms with Crippen molar-refractivity contribution in [2.45, 2.75) is 33.1 Å². The molecule has 1 N–H and O–H groups in total. The van der Waals surface area contributed by atoms with E-state index < -0.39 is 0 Å². The van der Waals surface area contributed by atoms with Crippen molar-refractivity contribution in [1.29, 1.82) is 0 Å². The molecule has 0 atom stereocenters. The van der Waals surface area contributed by atoms with Crippen LogP contribution in [-0.2, 0) is 6.42 Å². The second-order valence-electron chi connectivity index (χ2n) is 5.71. The number of anilines is 2. The predicted octanol–water partition coefficient (Wildman–Crippen LogP) is 3.77. The Balaban J connectivity index is 1.96. The van der Waals surface area contributed by atoms with Crippen LogP contribution in [0.4, 0.5) is 11.8 Å². The fourth-order valence-corrected chi connectivity index (χ4v) is 2.71. The van der Waals surface area contributed by atoms with Crippen LogP contribution in [-0.4, -0.2) is 36.7 Å². The van der Waals surface area contributed by atoms with Gasteiger partial charge in [-0.05, 0) is 37.0 Å². The molecule has 24 heavy (non-hydrogen) atoms. The summed E-state index contributed by atoms with van der Waals surface area (Å²) in [5.74, 6) is 2.60. The minimum atomic E-state index is 0.680. The number of para-hydroxylation sites is 1. The number of hydrogen-bond acceptors (Lipinski definition) is 5. The number of rotatable bonds is 10. The van der Waals surface area contributed by atoms with Gasteiger partial charge in [-0.15, -0.1) is 0 Å². The molecule has 1 aromatic carbocycles. The SMILES string of the molecule is CCCN(CCC)c1ccnc(NCCc2ccccc2OC)n1. The van der Waals surface area contributed by atoms with Crippen LogP contribution in [0.25, 0.3) is 0 Å². The van der Waals surface area contributed by atoms with Gasteiger partial charge in [0.15, 0.2) is 0 Å². The Morgan fingerprint density at radius 1 is 1.08 bits per heavy atom. The third-order valence-electron chi connectivity index (χ3n) is 3.82. The van der Waals surface area contributed by atoms with E-state index in [-0.39, 0.29) is 0 Å². The monoisotopic (exact) mass is 328 g/mol. The minimum Gasteiger partial charge on any atom is -0.496 e. The van der Waals surface area contributed by atoms with Gasteiger partial charge in [0.2, 0.25) is 5.95 Å². The molecule has 5 nitrogen and oxygen atoms in total. The molecule has 0 amide bonds. The molecule has 0 aliphatic carbocycles. The standard InChI is InChI=1S/C19H28N4O/c1-4-14-23(15-5-2)18-11-13-21-19(22-18)20-12-10-16-8-6-7-9-17(16)24-3/h6-9,11,13H,4-5,10,12,14-15H2,1-3H3,(H,20,21,22). The Morgan fingerprint density at radius 3 is 2.54 bits per heavy atom. The van der Waals surface area contributed by atoms with E-state index in [4.69, 9.17) is 4.74 Å². The lowest BCUT2D eigenvalue weighted by Gasteiger charge is -2.22. The van der Waals surface area contributed by atoms with Gasteiger partial charge in [-0.25, -0.2) is 4.98 Å². The average Bonchev–Trinajstić information content (AvgIpc) is 2.62. The first kappa shape index (κ1) is 18.0. The minimum absolute atomic E-state index is 0.680. The molecule has 0 saturated carbocycles. The van der Waals surface area contributed by atoms with Crippen molar-refractivity contribution in [3.8, 4) is 5.75 Å². The Hall–Kier alpha value is -2.30. The smallest absolute Gasteiger partial charge is 0.224 e. The molecular weight excluding hydrogens is 300 g/mol. The molecule has 1 heterocycles. The first-order chi connectivity index (χ1) is 11.8. The second kappa shape index (κ2) is 9.75. The highest BCUT2D eigenvalue weighted by atomic mass is 16.5. The summed E-state index contributed by atoms with van der Waals surface area (Å²) < 4.78 is 5.39. The highest BCUT2D eigenvalue weighted by Gasteiger charge is 2.08. The maximum absolute atomic E-state index is 5.39. The van der Waals surface area contributed by atoms with E-state index in [2.05, 4.69) is 40.1 Å². The van der Waals surface area contributed by atoms with Gasteiger partial charge in [0, 0.05) is 25.8 Å². The normalized spacial score (nSPS) is 10.5. The number of hydrogen-bond donors (Lipinski definition) is 1. The summed E-state index contributed by atoms with van der Waals surface area (Å²) in [7, 11) is 1.70. The third kappa shape index (κ3) is 5.11. The summed E-state index contributed by atoms with van der Waals surface area (Å²) in [6, 6.07) is 10.1. The third-order valence-corrected chi connectivity index (χ3v) is 3.82. The quantitative estimate of drug-likeness (QED) is 0.719. The van der Waals surface area contributed by atoms with Gasteiger partial charge in [-0.2, -0.15) is 4.98 Å². The van der Waals surface area contributed by atoms with Crippen LogP contribution in [0.15, 0.2) is 36.5 Å². The highest BCUT2D eigenvalue weighted by molar-refractivity contribution is 5.42. The summed E-state index contributed by atoms with van der Waals surface area (Å²) in [6.07, 6.45) is 4.92. The van der Waals surface area contributed by atoms with Crippen LogP contribution in [0, 0.1) is 0 Å². The number of ether oxygens (including phenoxy) is 1. The zero-order valence-electron chi connectivity index (χ0n) is 15.0. The molecule has 0 aliphatic rings. The zero-order valence-corrected chi connectivity index (χ0v) is 15.0. The van der Waals surface area contributed by atoms with Crippen molar-refractivity contribution in [2.24, 2.45) is 0 Å². The van der Waals surface area contributed by atoms with Crippen LogP contribution in [0.5, 0.6) is 5.75 Å². The Labute approximate surface area is 145 Å². The number of benzene rings is 1. The van der Waals surface area contributed by atoms with Crippen molar-refractivity contribution in [2.75, 3.05) is 37.0 Å². The van der Waals surface area contributed by atoms with Gasteiger partial charge in [0.1, 0.15) is 11.6 Å². The predicted molar refractivity (Wildman–Crippen MR) is 100 cm³/mol. The number of nitrogens with zero attached hydrogens (tertiary/aromatic N) is 3. The lowest BCUT2D eigenvalue weighted by atomic mass is 10.1. The van der Waals surface area contributed by atoms with E-state index in [9.17, 15) is 0 Å². The Bertz CT molecular complexity index is 612. The van der Waals surface area contributed by atoms with Crippen LogP contribution in [0.2, 0.25) is 0 Å². The largest absolute Gasteiger partial charge is 0.496 e. The Morgan fingerprint density at radius 2 is 1.83 bits per heavy atom. The second-order valence-corrected chi connectivity index (χ2v) is 5.71. The lowest BCUT2D eigenvalue weighted by Crippen LogP contribution is -2.26. The molecule has 5 heteroatoms. The number of methoxy groups -OCH3 is 1. The molecule has 0 unspecified atom stereocenters. The maximum atomic E-state index is 5.39. The van der Waals surface area contributed by atoms with E-state index in [1.807, 2.05) is 30.5 Å². The first-order valence-corrected chi connectivity index (χ1v) is 8.72. The fraction of sp³-hybridized carbons (Fsp3) is 0.474. The lowest BCUT2D eigenvalue weighted by molar-refractivity contribution is 0.410. The van der Waals surface area contributed by atoms with Crippen molar-refractivity contribution >= 4 is 11.8 Å². The Kier molecular flexibility index (Phi) is 7.33. The summed E-state index contributed by atoms with van der Waals surface area (Å²) in [6.45, 7) is 7.19. The molecule has 0 saturated heterocycles. The van der Waals surface area contributed by atoms with Crippen LogP contribution in [0.3, 0.4) is 0 Å². The summed E-state index contributed by atoms with van der Waals surface area (Å²) in [5.41, 5.74) is 1.18. The number of aromatic nitrogens is 2. The first-order valence-electron chi connectivity index (χ1n) is 8.72. The topological polar surface area (TPSA) is 50.3 Å². The van der Waals surface area contributed by atoms with Gasteiger partial charge >= 0.3 is 0 Å². The molecule has 130 valence electrons. The molecular formula is C19H28N4O. The maximum Gasteiger partial charge on any atom is 0.224 e. The highest BCUT2D eigenvalue weighted by Crippen LogP contribution is 2.18. The van der Waals surface area contributed by atoms with Gasteiger partial charge in [0.05, 0.1) is 7.11 Å². The zero-order chi connectivity index (χ0) is 17.2. The fourth-order valence-electron chi connectivity index (χ4n) is 2.71. The number of nitrogens with one attached hydrogen (secondary N) is 1. The molecule has 0 fully saturated rings. The molecule has 1 aromatic heterocycles. The summed E-state index contributed by atoms with van der Waals surface area (Å²) in [4.78, 5) is 11.3. The van der Waals surface area contributed by atoms with Crippen molar-refractivity contribution in [1.82, 2.24) is 9.97 Å². The molecule has 0 spiro atoms. The van der Waals surface area contributed by atoms with Gasteiger partial charge < -0.3 is 15.0 Å². The van der Waals surface area contributed by atoms with Gasteiger partial charge in [0.25, 0.3) is 0 Å². The molecule has 0 radical (unpaired) electrons. The van der Waals surface area contributed by atoms with Crippen LogP contribution < -0.4 is 15.0 Å². The van der Waals surface area contributed by atoms with Crippen molar-refractivity contribution in [3.63, 3.8) is 0 Å². The van der Waals surface area contributed by atoms with Gasteiger partial charge in [-0.1, -0.05) is 32.0 Å². The molecule has 0 bridgehead atoms. The van der Waals surface area contributed by atoms with Crippen molar-refractivity contribution in [3.05, 3.63) is 42.1 Å². The molecule has 0 aliphatic heterocycles. The van der Waals surface area contributed by atoms with E-state index >= 15 is 0 Å². The van der Waals surface area contributed by atoms with E-state index in [1.165, 1.54) is 5.56 Å².